The van der Waals surface area contributed by atoms with Crippen molar-refractivity contribution in [3.05, 3.63) is 15.6 Å². The summed E-state index contributed by atoms with van der Waals surface area (Å²) in [6, 6.07) is 0. The van der Waals surface area contributed by atoms with Crippen LogP contribution in [0.25, 0.3) is 0 Å². The van der Waals surface area contributed by atoms with Crippen LogP contribution in [0.4, 0.5) is 13.2 Å². The van der Waals surface area contributed by atoms with Crippen molar-refractivity contribution < 1.29 is 23.1 Å². The number of nitrogens with zero attached hydrogens (tertiary/aromatic N) is 1. The average Bonchev–Trinajstić information content (AvgIpc) is 2.81. The summed E-state index contributed by atoms with van der Waals surface area (Å²) in [5, 5.41) is 9.12. The van der Waals surface area contributed by atoms with Gasteiger partial charge in [-0.15, -0.1) is 11.3 Å². The summed E-state index contributed by atoms with van der Waals surface area (Å²) in [6.45, 7) is 2.04. The molecular weight excluding hydrogens is 267 g/mol. The van der Waals surface area contributed by atoms with E-state index in [1.807, 2.05) is 6.92 Å². The molecule has 0 radical (unpaired) electrons. The van der Waals surface area contributed by atoms with Crippen LogP contribution in [0.15, 0.2) is 0 Å². The minimum absolute atomic E-state index is 0.0285. The first-order valence-corrected chi connectivity index (χ1v) is 6.42. The van der Waals surface area contributed by atoms with Crippen molar-refractivity contribution in [3.63, 3.8) is 0 Å². The molecule has 1 aliphatic rings. The standard InChI is InChI=1S/C11H12F3NO2S/c1-5-2-3-6(4-5)9-15-8(11(12,13)14)7(18-9)10(16)17/h5-6H,2-4H2,1H3,(H,16,17). The van der Waals surface area contributed by atoms with Crippen LogP contribution in [0, 0.1) is 5.92 Å². The summed E-state index contributed by atoms with van der Waals surface area (Å²) in [7, 11) is 0. The number of hydrogen-bond acceptors (Lipinski definition) is 3. The van der Waals surface area contributed by atoms with Crippen LogP contribution < -0.4 is 0 Å². The van der Waals surface area contributed by atoms with Crippen LogP contribution in [0.1, 0.15) is 52.5 Å². The number of halogens is 3. The molecule has 1 N–H and O–H groups in total. The Morgan fingerprint density at radius 3 is 2.50 bits per heavy atom. The zero-order valence-corrected chi connectivity index (χ0v) is 10.4. The van der Waals surface area contributed by atoms with Crippen molar-refractivity contribution >= 4 is 17.3 Å². The molecule has 0 spiro atoms. The lowest BCUT2D eigenvalue weighted by atomic mass is 10.1. The number of alkyl halides is 3. The molecule has 3 nitrogen and oxygen atoms in total. The second kappa shape index (κ2) is 4.53. The summed E-state index contributed by atoms with van der Waals surface area (Å²) in [4.78, 5) is 13.7. The first-order chi connectivity index (χ1) is 8.29. The number of rotatable bonds is 2. The van der Waals surface area contributed by atoms with Crippen LogP contribution >= 0.6 is 11.3 Å². The highest BCUT2D eigenvalue weighted by molar-refractivity contribution is 7.13. The molecule has 1 heterocycles. The first-order valence-electron chi connectivity index (χ1n) is 5.60. The fraction of sp³-hybridized carbons (Fsp3) is 0.636. The largest absolute Gasteiger partial charge is 0.477 e. The molecule has 2 rings (SSSR count). The van der Waals surface area contributed by atoms with Gasteiger partial charge >= 0.3 is 12.1 Å². The molecule has 0 bridgehead atoms. The van der Waals surface area contributed by atoms with E-state index in [0.29, 0.717) is 22.3 Å². The SMILES string of the molecule is CC1CCC(c2nc(C(F)(F)F)c(C(=O)O)s2)C1. The van der Waals surface area contributed by atoms with E-state index in [1.165, 1.54) is 0 Å². The highest BCUT2D eigenvalue weighted by atomic mass is 32.1. The van der Waals surface area contributed by atoms with Gasteiger partial charge in [0.25, 0.3) is 0 Å². The fourth-order valence-electron chi connectivity index (χ4n) is 2.28. The Balaban J connectivity index is 2.37. The van der Waals surface area contributed by atoms with Gasteiger partial charge in [0, 0.05) is 5.92 Å². The molecule has 1 aromatic heterocycles. The van der Waals surface area contributed by atoms with Crippen LogP contribution in [-0.2, 0) is 6.18 Å². The lowest BCUT2D eigenvalue weighted by Gasteiger charge is -2.05. The van der Waals surface area contributed by atoms with E-state index in [0.717, 1.165) is 19.3 Å². The zero-order valence-electron chi connectivity index (χ0n) is 9.62. The molecule has 0 amide bonds. The molecule has 1 saturated carbocycles. The Labute approximate surface area is 106 Å². The molecule has 1 aliphatic carbocycles. The van der Waals surface area contributed by atoms with Gasteiger partial charge in [-0.05, 0) is 18.8 Å². The van der Waals surface area contributed by atoms with Gasteiger partial charge in [-0.1, -0.05) is 13.3 Å². The van der Waals surface area contributed by atoms with E-state index in [2.05, 4.69) is 4.98 Å². The van der Waals surface area contributed by atoms with Gasteiger partial charge in [-0.3, -0.25) is 0 Å². The molecule has 0 saturated heterocycles. The van der Waals surface area contributed by atoms with Crippen molar-refractivity contribution in [1.82, 2.24) is 4.98 Å². The predicted molar refractivity (Wildman–Crippen MR) is 59.8 cm³/mol. The average molecular weight is 279 g/mol. The van der Waals surface area contributed by atoms with Crippen LogP contribution in [0.5, 0.6) is 0 Å². The van der Waals surface area contributed by atoms with Gasteiger partial charge in [-0.25, -0.2) is 9.78 Å². The summed E-state index contributed by atoms with van der Waals surface area (Å²) >= 11 is 0.663. The minimum atomic E-state index is -4.70. The molecule has 1 aromatic rings. The molecule has 18 heavy (non-hydrogen) atoms. The van der Waals surface area contributed by atoms with Gasteiger partial charge in [0.15, 0.2) is 5.69 Å². The van der Waals surface area contributed by atoms with E-state index in [1.54, 1.807) is 0 Å². The number of carbonyl (C=O) groups is 1. The van der Waals surface area contributed by atoms with E-state index >= 15 is 0 Å². The highest BCUT2D eigenvalue weighted by Crippen LogP contribution is 2.42. The van der Waals surface area contributed by atoms with E-state index in [4.69, 9.17) is 5.11 Å². The quantitative estimate of drug-likeness (QED) is 0.896. The van der Waals surface area contributed by atoms with Crippen molar-refractivity contribution in [2.75, 3.05) is 0 Å². The molecule has 100 valence electrons. The van der Waals surface area contributed by atoms with Crippen molar-refractivity contribution in [3.8, 4) is 0 Å². The number of carboxylic acids is 1. The smallest absolute Gasteiger partial charge is 0.435 e. The number of aromatic nitrogens is 1. The Bertz CT molecular complexity index is 469. The lowest BCUT2D eigenvalue weighted by Crippen LogP contribution is -2.11. The maximum Gasteiger partial charge on any atom is 0.435 e. The molecule has 2 unspecified atom stereocenters. The van der Waals surface area contributed by atoms with Gasteiger partial charge < -0.3 is 5.11 Å². The summed E-state index contributed by atoms with van der Waals surface area (Å²) < 4.78 is 38.0. The molecule has 7 heteroatoms. The van der Waals surface area contributed by atoms with Crippen LogP contribution in [0.2, 0.25) is 0 Å². The number of aromatic carboxylic acids is 1. The van der Waals surface area contributed by atoms with E-state index < -0.39 is 22.7 Å². The Kier molecular flexibility index (Phi) is 3.35. The summed E-state index contributed by atoms with van der Waals surface area (Å²) in [5.41, 5.74) is -1.26. The Hall–Kier alpha value is -1.11. The van der Waals surface area contributed by atoms with Gasteiger partial charge in [-0.2, -0.15) is 13.2 Å². The summed E-state index contributed by atoms with van der Waals surface area (Å²) in [6.07, 6.45) is -2.18. The van der Waals surface area contributed by atoms with Gasteiger partial charge in [0.1, 0.15) is 4.88 Å². The van der Waals surface area contributed by atoms with Crippen molar-refractivity contribution in [2.24, 2.45) is 5.92 Å². The topological polar surface area (TPSA) is 50.2 Å². The Morgan fingerprint density at radius 1 is 1.44 bits per heavy atom. The van der Waals surface area contributed by atoms with Crippen LogP contribution in [-0.4, -0.2) is 16.1 Å². The molecular formula is C11H12F3NO2S. The number of hydrogen-bond donors (Lipinski definition) is 1. The number of carboxylic acid groups (broad SMARTS) is 1. The monoisotopic (exact) mass is 279 g/mol. The third kappa shape index (κ3) is 2.50. The highest BCUT2D eigenvalue weighted by Gasteiger charge is 2.41. The normalized spacial score (nSPS) is 24.4. The first kappa shape index (κ1) is 13.3. The molecule has 1 fully saturated rings. The van der Waals surface area contributed by atoms with E-state index in [-0.39, 0.29) is 5.92 Å². The molecule has 0 aromatic carbocycles. The second-order valence-electron chi connectivity index (χ2n) is 4.65. The van der Waals surface area contributed by atoms with E-state index in [9.17, 15) is 18.0 Å². The minimum Gasteiger partial charge on any atom is -0.477 e. The third-order valence-corrected chi connectivity index (χ3v) is 4.36. The van der Waals surface area contributed by atoms with Crippen molar-refractivity contribution in [2.45, 2.75) is 38.3 Å². The molecule has 2 atom stereocenters. The third-order valence-electron chi connectivity index (χ3n) is 3.15. The summed E-state index contributed by atoms with van der Waals surface area (Å²) in [5.74, 6) is -1.13. The molecule has 0 aliphatic heterocycles. The zero-order chi connectivity index (χ0) is 13.5. The number of thiazole rings is 1. The maximum absolute atomic E-state index is 12.7. The fourth-order valence-corrected chi connectivity index (χ4v) is 3.35. The second-order valence-corrected chi connectivity index (χ2v) is 5.68. The van der Waals surface area contributed by atoms with Gasteiger partial charge in [0.05, 0.1) is 5.01 Å². The predicted octanol–water partition coefficient (Wildman–Crippen LogP) is 3.76. The Morgan fingerprint density at radius 2 is 2.11 bits per heavy atom. The maximum atomic E-state index is 12.7. The van der Waals surface area contributed by atoms with Crippen LogP contribution in [0.3, 0.4) is 0 Å². The van der Waals surface area contributed by atoms with Crippen molar-refractivity contribution in [1.29, 1.82) is 0 Å². The van der Waals surface area contributed by atoms with Gasteiger partial charge in [0.2, 0.25) is 0 Å². The lowest BCUT2D eigenvalue weighted by molar-refractivity contribution is -0.141.